The molecule has 0 aromatic heterocycles. The standard InChI is InChI=1S/C15H18F3NO5S/c1-3-19(4-2)25(22,23)10-5-6-12-9(7-10)8-11(14(20)21)13(24-12)15(16,17)18/h5-7,11,13H,3-4,8H2,1-2H3,(H,20,21)/t11-,13+/m1/s1. The second kappa shape index (κ2) is 6.83. The number of hydrogen-bond acceptors (Lipinski definition) is 4. The van der Waals surface area contributed by atoms with Gasteiger partial charge in [0, 0.05) is 13.1 Å². The summed E-state index contributed by atoms with van der Waals surface area (Å²) in [5.41, 5.74) is 0.126. The topological polar surface area (TPSA) is 83.9 Å². The highest BCUT2D eigenvalue weighted by Crippen LogP contribution is 2.39. The SMILES string of the molecule is CCN(CC)S(=O)(=O)c1ccc2c(c1)C[C@@H](C(=O)O)[C@@H](C(F)(F)F)O2. The minimum Gasteiger partial charge on any atom is -0.481 e. The second-order valence-corrected chi connectivity index (χ2v) is 7.53. The third kappa shape index (κ3) is 3.74. The van der Waals surface area contributed by atoms with Gasteiger partial charge in [-0.2, -0.15) is 17.5 Å². The van der Waals surface area contributed by atoms with Gasteiger partial charge >= 0.3 is 12.1 Å². The number of rotatable bonds is 5. The molecule has 1 aromatic carbocycles. The molecule has 0 spiro atoms. The van der Waals surface area contributed by atoms with E-state index in [9.17, 15) is 26.4 Å². The molecule has 0 aliphatic carbocycles. The highest BCUT2D eigenvalue weighted by Gasteiger charge is 2.52. The summed E-state index contributed by atoms with van der Waals surface area (Å²) in [7, 11) is -3.81. The van der Waals surface area contributed by atoms with E-state index in [1.807, 2.05) is 0 Å². The number of carboxylic acids is 1. The number of ether oxygens (including phenoxy) is 1. The fourth-order valence-corrected chi connectivity index (χ4v) is 4.29. The van der Waals surface area contributed by atoms with E-state index in [1.54, 1.807) is 13.8 Å². The highest BCUT2D eigenvalue weighted by molar-refractivity contribution is 7.89. The summed E-state index contributed by atoms with van der Waals surface area (Å²) >= 11 is 0. The Morgan fingerprint density at radius 3 is 2.40 bits per heavy atom. The van der Waals surface area contributed by atoms with Gasteiger partial charge in [0.05, 0.1) is 4.90 Å². The third-order valence-electron chi connectivity index (χ3n) is 4.07. The van der Waals surface area contributed by atoms with Crippen molar-refractivity contribution in [1.29, 1.82) is 0 Å². The Morgan fingerprint density at radius 1 is 1.32 bits per heavy atom. The van der Waals surface area contributed by atoms with E-state index in [4.69, 9.17) is 9.84 Å². The Bertz CT molecular complexity index is 759. The van der Waals surface area contributed by atoms with Crippen molar-refractivity contribution in [2.75, 3.05) is 13.1 Å². The van der Waals surface area contributed by atoms with Gasteiger partial charge in [-0.1, -0.05) is 13.8 Å². The van der Waals surface area contributed by atoms with Crippen LogP contribution in [0.15, 0.2) is 23.1 Å². The number of benzene rings is 1. The first-order chi connectivity index (χ1) is 11.5. The van der Waals surface area contributed by atoms with Gasteiger partial charge in [-0.15, -0.1) is 0 Å². The molecule has 25 heavy (non-hydrogen) atoms. The molecule has 1 aromatic rings. The Hall–Kier alpha value is -1.81. The van der Waals surface area contributed by atoms with Crippen molar-refractivity contribution in [3.63, 3.8) is 0 Å². The molecule has 0 amide bonds. The lowest BCUT2D eigenvalue weighted by atomic mass is 9.90. The maximum atomic E-state index is 13.0. The lowest BCUT2D eigenvalue weighted by Crippen LogP contribution is -2.47. The first kappa shape index (κ1) is 19.5. The van der Waals surface area contributed by atoms with Crippen LogP contribution in [0.25, 0.3) is 0 Å². The van der Waals surface area contributed by atoms with Crippen LogP contribution < -0.4 is 4.74 Å². The molecular weight excluding hydrogens is 363 g/mol. The van der Waals surface area contributed by atoms with Crippen molar-refractivity contribution in [2.24, 2.45) is 5.92 Å². The zero-order valence-electron chi connectivity index (χ0n) is 13.6. The van der Waals surface area contributed by atoms with Crippen molar-refractivity contribution < 1.29 is 36.2 Å². The van der Waals surface area contributed by atoms with Crippen LogP contribution >= 0.6 is 0 Å². The van der Waals surface area contributed by atoms with Crippen LogP contribution in [0.1, 0.15) is 19.4 Å². The van der Waals surface area contributed by atoms with E-state index >= 15 is 0 Å². The number of carbonyl (C=O) groups is 1. The first-order valence-electron chi connectivity index (χ1n) is 7.61. The predicted octanol–water partition coefficient (Wildman–Crippen LogP) is 2.28. The minimum absolute atomic E-state index is 0.104. The van der Waals surface area contributed by atoms with Gasteiger partial charge in [-0.3, -0.25) is 4.79 Å². The Morgan fingerprint density at radius 2 is 1.92 bits per heavy atom. The van der Waals surface area contributed by atoms with Gasteiger partial charge in [0.1, 0.15) is 11.7 Å². The summed E-state index contributed by atoms with van der Waals surface area (Å²) in [5, 5.41) is 9.08. The molecule has 0 bridgehead atoms. The number of aliphatic carboxylic acids is 1. The Balaban J connectivity index is 2.45. The van der Waals surface area contributed by atoms with Gasteiger partial charge in [0.25, 0.3) is 0 Å². The number of fused-ring (bicyclic) bond motifs is 1. The van der Waals surface area contributed by atoms with Gasteiger partial charge < -0.3 is 9.84 Å². The van der Waals surface area contributed by atoms with Gasteiger partial charge in [-0.05, 0) is 30.2 Å². The van der Waals surface area contributed by atoms with E-state index in [0.717, 1.165) is 6.07 Å². The van der Waals surface area contributed by atoms with Crippen LogP contribution in [0.2, 0.25) is 0 Å². The number of alkyl halides is 3. The summed E-state index contributed by atoms with van der Waals surface area (Å²) in [6.45, 7) is 3.80. The van der Waals surface area contributed by atoms with Gasteiger partial charge in [0.15, 0.2) is 0 Å². The zero-order chi connectivity index (χ0) is 19.0. The van der Waals surface area contributed by atoms with Crippen LogP contribution in [0.3, 0.4) is 0 Å². The van der Waals surface area contributed by atoms with Crippen LogP contribution in [-0.2, 0) is 21.2 Å². The fraction of sp³-hybridized carbons (Fsp3) is 0.533. The molecule has 0 radical (unpaired) electrons. The minimum atomic E-state index is -4.84. The van der Waals surface area contributed by atoms with Crippen molar-refractivity contribution in [2.45, 2.75) is 37.4 Å². The van der Waals surface area contributed by atoms with Crippen LogP contribution in [0.4, 0.5) is 13.2 Å². The van der Waals surface area contributed by atoms with Crippen molar-refractivity contribution in [3.05, 3.63) is 23.8 Å². The number of sulfonamides is 1. The fourth-order valence-electron chi connectivity index (χ4n) is 2.78. The predicted molar refractivity (Wildman–Crippen MR) is 81.8 cm³/mol. The lowest BCUT2D eigenvalue weighted by molar-refractivity contribution is -0.217. The van der Waals surface area contributed by atoms with E-state index in [1.165, 1.54) is 16.4 Å². The molecule has 0 saturated heterocycles. The number of nitrogens with zero attached hydrogens (tertiary/aromatic N) is 1. The molecule has 10 heteroatoms. The average molecular weight is 381 g/mol. The van der Waals surface area contributed by atoms with E-state index in [-0.39, 0.29) is 29.3 Å². The molecule has 2 atom stereocenters. The monoisotopic (exact) mass is 381 g/mol. The van der Waals surface area contributed by atoms with Crippen molar-refractivity contribution in [3.8, 4) is 5.75 Å². The third-order valence-corrected chi connectivity index (χ3v) is 6.12. The van der Waals surface area contributed by atoms with Crippen LogP contribution in [0.5, 0.6) is 5.75 Å². The van der Waals surface area contributed by atoms with E-state index in [0.29, 0.717) is 0 Å². The largest absolute Gasteiger partial charge is 0.481 e. The molecular formula is C15H18F3NO5S. The number of halogens is 3. The van der Waals surface area contributed by atoms with Crippen LogP contribution in [0, 0.1) is 5.92 Å². The summed E-state index contributed by atoms with van der Waals surface area (Å²) in [6.07, 6.45) is -7.77. The molecule has 0 fully saturated rings. The second-order valence-electron chi connectivity index (χ2n) is 5.59. The quantitative estimate of drug-likeness (QED) is 0.846. The number of hydrogen-bond donors (Lipinski definition) is 1. The lowest BCUT2D eigenvalue weighted by Gasteiger charge is -2.32. The Labute approximate surface area is 143 Å². The summed E-state index contributed by atoms with van der Waals surface area (Å²) < 4.78 is 70.1. The summed E-state index contributed by atoms with van der Waals surface area (Å²) in [4.78, 5) is 11.1. The number of carboxylic acid groups (broad SMARTS) is 1. The van der Waals surface area contributed by atoms with Crippen LogP contribution in [-0.4, -0.2) is 49.2 Å². The molecule has 1 aliphatic heterocycles. The maximum absolute atomic E-state index is 13.0. The summed E-state index contributed by atoms with van der Waals surface area (Å²) in [6, 6.07) is 3.50. The highest BCUT2D eigenvalue weighted by atomic mass is 32.2. The van der Waals surface area contributed by atoms with Gasteiger partial charge in [-0.25, -0.2) is 8.42 Å². The summed E-state index contributed by atoms with van der Waals surface area (Å²) in [5.74, 6) is -3.64. The molecule has 0 saturated carbocycles. The average Bonchev–Trinajstić information content (AvgIpc) is 2.53. The zero-order valence-corrected chi connectivity index (χ0v) is 14.4. The van der Waals surface area contributed by atoms with Gasteiger partial charge in [0.2, 0.25) is 16.1 Å². The Kier molecular flexibility index (Phi) is 5.33. The van der Waals surface area contributed by atoms with Crippen molar-refractivity contribution >= 4 is 16.0 Å². The molecule has 140 valence electrons. The van der Waals surface area contributed by atoms with E-state index < -0.39 is 40.6 Å². The molecule has 1 heterocycles. The molecule has 1 N–H and O–H groups in total. The molecule has 1 aliphatic rings. The van der Waals surface area contributed by atoms with Crippen molar-refractivity contribution in [1.82, 2.24) is 4.31 Å². The first-order valence-corrected chi connectivity index (χ1v) is 9.05. The van der Waals surface area contributed by atoms with E-state index in [2.05, 4.69) is 0 Å². The smallest absolute Gasteiger partial charge is 0.426 e. The maximum Gasteiger partial charge on any atom is 0.426 e. The molecule has 0 unspecified atom stereocenters. The molecule has 6 nitrogen and oxygen atoms in total. The normalized spacial score (nSPS) is 20.9. The molecule has 2 rings (SSSR count).